The van der Waals surface area contributed by atoms with Gasteiger partial charge in [-0.1, -0.05) is 52.0 Å². The molecule has 2 rings (SSSR count). The second-order valence-corrected chi connectivity index (χ2v) is 8.26. The average Bonchev–Trinajstić information content (AvgIpc) is 2.72. The summed E-state index contributed by atoms with van der Waals surface area (Å²) in [5, 5.41) is 3.46. The Hall–Kier alpha value is -1.88. The molecule has 1 amide bonds. The fourth-order valence-electron chi connectivity index (χ4n) is 3.85. The Kier molecular flexibility index (Phi) is 8.49. The standard InChI is InChI=1S/C23H36N2O3/c1-6-17(4)18-7-9-19(10-8-18)22(16(2)3)24-15-21(26)25-13-11-20(12-14-25)23(27)28-5/h7-10,16-17,20,22,24H,6,11-15H2,1-5H3. The average molecular weight is 389 g/mol. The summed E-state index contributed by atoms with van der Waals surface area (Å²) in [5.41, 5.74) is 2.58. The molecule has 1 fully saturated rings. The number of esters is 1. The third kappa shape index (κ3) is 5.81. The molecule has 0 bridgehead atoms. The maximum absolute atomic E-state index is 12.6. The summed E-state index contributed by atoms with van der Waals surface area (Å²) >= 11 is 0. The van der Waals surface area contributed by atoms with Gasteiger partial charge in [0.1, 0.15) is 0 Å². The van der Waals surface area contributed by atoms with Crippen LogP contribution in [-0.2, 0) is 14.3 Å². The summed E-state index contributed by atoms with van der Waals surface area (Å²) in [6, 6.07) is 8.93. The van der Waals surface area contributed by atoms with E-state index in [1.165, 1.54) is 18.2 Å². The van der Waals surface area contributed by atoms with Crippen LogP contribution < -0.4 is 5.32 Å². The van der Waals surface area contributed by atoms with Gasteiger partial charge in [-0.25, -0.2) is 0 Å². The second kappa shape index (κ2) is 10.6. The minimum Gasteiger partial charge on any atom is -0.469 e. The molecule has 1 aliphatic heterocycles. The molecule has 5 nitrogen and oxygen atoms in total. The van der Waals surface area contributed by atoms with E-state index in [1.54, 1.807) is 0 Å². The molecular formula is C23H36N2O3. The van der Waals surface area contributed by atoms with E-state index in [0.29, 0.717) is 44.3 Å². The zero-order valence-corrected chi connectivity index (χ0v) is 18.0. The van der Waals surface area contributed by atoms with Crippen molar-refractivity contribution < 1.29 is 14.3 Å². The molecule has 0 radical (unpaired) electrons. The van der Waals surface area contributed by atoms with Crippen molar-refractivity contribution >= 4 is 11.9 Å². The fourth-order valence-corrected chi connectivity index (χ4v) is 3.85. The predicted octanol–water partition coefficient (Wildman–Crippen LogP) is 3.90. The lowest BCUT2D eigenvalue weighted by molar-refractivity contribution is -0.148. The lowest BCUT2D eigenvalue weighted by atomic mass is 9.92. The van der Waals surface area contributed by atoms with Crippen molar-refractivity contribution in [1.82, 2.24) is 10.2 Å². The summed E-state index contributed by atoms with van der Waals surface area (Å²) in [5.74, 6) is 0.812. The first-order valence-corrected chi connectivity index (χ1v) is 10.6. The van der Waals surface area contributed by atoms with Crippen LogP contribution in [0.4, 0.5) is 0 Å². The van der Waals surface area contributed by atoms with Gasteiger partial charge in [-0.3, -0.25) is 9.59 Å². The third-order valence-corrected chi connectivity index (χ3v) is 6.00. The zero-order chi connectivity index (χ0) is 20.7. The first-order chi connectivity index (χ1) is 13.4. The first-order valence-electron chi connectivity index (χ1n) is 10.6. The maximum atomic E-state index is 12.6. The van der Waals surface area contributed by atoms with Gasteiger partial charge in [0.25, 0.3) is 0 Å². The van der Waals surface area contributed by atoms with Crippen LogP contribution in [0.2, 0.25) is 0 Å². The molecule has 1 aromatic carbocycles. The van der Waals surface area contributed by atoms with Gasteiger partial charge in [0.05, 0.1) is 19.6 Å². The van der Waals surface area contributed by atoms with Gasteiger partial charge in [-0.05, 0) is 42.2 Å². The largest absolute Gasteiger partial charge is 0.469 e. The normalized spacial score (nSPS) is 17.4. The van der Waals surface area contributed by atoms with E-state index < -0.39 is 0 Å². The second-order valence-electron chi connectivity index (χ2n) is 8.26. The van der Waals surface area contributed by atoms with Gasteiger partial charge in [-0.2, -0.15) is 0 Å². The minimum absolute atomic E-state index is 0.0746. The molecule has 2 atom stereocenters. The molecule has 5 heteroatoms. The van der Waals surface area contributed by atoms with Crippen molar-refractivity contribution in [2.24, 2.45) is 11.8 Å². The summed E-state index contributed by atoms with van der Waals surface area (Å²) in [6.07, 6.45) is 2.50. The fraction of sp³-hybridized carbons (Fsp3) is 0.652. The van der Waals surface area contributed by atoms with Gasteiger partial charge in [0.15, 0.2) is 0 Å². The van der Waals surface area contributed by atoms with Gasteiger partial charge in [-0.15, -0.1) is 0 Å². The van der Waals surface area contributed by atoms with Crippen molar-refractivity contribution in [3.05, 3.63) is 35.4 Å². The summed E-state index contributed by atoms with van der Waals surface area (Å²) in [4.78, 5) is 26.1. The molecule has 2 unspecified atom stereocenters. The monoisotopic (exact) mass is 388 g/mol. The maximum Gasteiger partial charge on any atom is 0.308 e. The number of amides is 1. The van der Waals surface area contributed by atoms with Gasteiger partial charge in [0, 0.05) is 19.1 Å². The molecule has 28 heavy (non-hydrogen) atoms. The van der Waals surface area contributed by atoms with E-state index in [9.17, 15) is 9.59 Å². The molecule has 0 aliphatic carbocycles. The summed E-state index contributed by atoms with van der Waals surface area (Å²) in [6.45, 7) is 10.4. The van der Waals surface area contributed by atoms with Crippen molar-refractivity contribution in [2.45, 2.75) is 58.9 Å². The topological polar surface area (TPSA) is 58.6 Å². The molecular weight excluding hydrogens is 352 g/mol. The van der Waals surface area contributed by atoms with Crippen molar-refractivity contribution in [3.8, 4) is 0 Å². The first kappa shape index (κ1) is 22.4. The highest BCUT2D eigenvalue weighted by Crippen LogP contribution is 2.25. The number of nitrogens with one attached hydrogen (secondary N) is 1. The van der Waals surface area contributed by atoms with Crippen LogP contribution in [0.25, 0.3) is 0 Å². The smallest absolute Gasteiger partial charge is 0.308 e. The van der Waals surface area contributed by atoms with Crippen molar-refractivity contribution in [3.63, 3.8) is 0 Å². The van der Waals surface area contributed by atoms with Crippen LogP contribution >= 0.6 is 0 Å². The summed E-state index contributed by atoms with van der Waals surface area (Å²) in [7, 11) is 1.42. The molecule has 0 saturated carbocycles. The number of hydrogen-bond acceptors (Lipinski definition) is 4. The van der Waals surface area contributed by atoms with Gasteiger partial charge in [0.2, 0.25) is 5.91 Å². The minimum atomic E-state index is -0.161. The number of rotatable bonds is 8. The third-order valence-electron chi connectivity index (χ3n) is 6.00. The molecule has 1 N–H and O–H groups in total. The lowest BCUT2D eigenvalue weighted by Crippen LogP contribution is -2.45. The summed E-state index contributed by atoms with van der Waals surface area (Å²) < 4.78 is 4.82. The van der Waals surface area contributed by atoms with E-state index in [1.807, 2.05) is 4.90 Å². The molecule has 1 heterocycles. The highest BCUT2D eigenvalue weighted by Gasteiger charge is 2.28. The van der Waals surface area contributed by atoms with E-state index in [0.717, 1.165) is 6.42 Å². The van der Waals surface area contributed by atoms with Crippen molar-refractivity contribution in [1.29, 1.82) is 0 Å². The molecule has 0 aromatic heterocycles. The van der Waals surface area contributed by atoms with Gasteiger partial charge >= 0.3 is 5.97 Å². The number of piperidine rings is 1. The van der Waals surface area contributed by atoms with Gasteiger partial charge < -0.3 is 15.0 Å². The molecule has 0 spiro atoms. The molecule has 1 aliphatic rings. The Labute approximate surface area is 169 Å². The van der Waals surface area contributed by atoms with Crippen molar-refractivity contribution in [2.75, 3.05) is 26.7 Å². The predicted molar refractivity (Wildman–Crippen MR) is 112 cm³/mol. The number of methoxy groups -OCH3 is 1. The van der Waals surface area contributed by atoms with E-state index in [-0.39, 0.29) is 23.8 Å². The highest BCUT2D eigenvalue weighted by molar-refractivity contribution is 5.79. The Balaban J connectivity index is 1.91. The number of carbonyl (C=O) groups excluding carboxylic acids is 2. The Morgan fingerprint density at radius 1 is 1.11 bits per heavy atom. The number of carbonyl (C=O) groups is 2. The van der Waals surface area contributed by atoms with Crippen LogP contribution in [-0.4, -0.2) is 43.5 Å². The highest BCUT2D eigenvalue weighted by atomic mass is 16.5. The van der Waals surface area contributed by atoms with Crippen LogP contribution in [0.3, 0.4) is 0 Å². The number of benzene rings is 1. The lowest BCUT2D eigenvalue weighted by Gasteiger charge is -2.32. The van der Waals surface area contributed by atoms with Crippen LogP contribution in [0.15, 0.2) is 24.3 Å². The van der Waals surface area contributed by atoms with Crippen LogP contribution in [0.1, 0.15) is 70.0 Å². The van der Waals surface area contributed by atoms with E-state index in [2.05, 4.69) is 57.3 Å². The number of ether oxygens (including phenoxy) is 1. The Morgan fingerprint density at radius 2 is 1.68 bits per heavy atom. The Morgan fingerprint density at radius 3 is 2.18 bits per heavy atom. The zero-order valence-electron chi connectivity index (χ0n) is 18.0. The number of nitrogens with zero attached hydrogens (tertiary/aromatic N) is 1. The number of likely N-dealkylation sites (tertiary alicyclic amines) is 1. The van der Waals surface area contributed by atoms with Crippen LogP contribution in [0.5, 0.6) is 0 Å². The van der Waals surface area contributed by atoms with E-state index >= 15 is 0 Å². The quantitative estimate of drug-likeness (QED) is 0.686. The SMILES string of the molecule is CCC(C)c1ccc(C(NCC(=O)N2CCC(C(=O)OC)CC2)C(C)C)cc1. The van der Waals surface area contributed by atoms with Crippen LogP contribution in [0, 0.1) is 11.8 Å². The molecule has 156 valence electrons. The van der Waals surface area contributed by atoms with E-state index in [4.69, 9.17) is 4.74 Å². The number of hydrogen-bond donors (Lipinski definition) is 1. The molecule has 1 saturated heterocycles. The Bertz CT molecular complexity index is 634. The molecule has 1 aromatic rings.